The summed E-state index contributed by atoms with van der Waals surface area (Å²) in [5.41, 5.74) is 0. The Hall–Kier alpha value is -1.25. The smallest absolute Gasteiger partial charge is 0.387 e. The van der Waals surface area contributed by atoms with E-state index in [1.165, 1.54) is 21.1 Å². The first-order valence-corrected chi connectivity index (χ1v) is 29.4. The number of methoxy groups -OCH3 is 4. The molecular formula is C36H64O35S5. The van der Waals surface area contributed by atoms with Crippen LogP contribution < -0.4 is 0 Å². The quantitative estimate of drug-likeness (QED) is 0.0431. The maximum Gasteiger partial charge on any atom is 0.397 e. The minimum atomic E-state index is -5.55. The van der Waals surface area contributed by atoms with Crippen LogP contribution in [0.1, 0.15) is 27.7 Å². The van der Waals surface area contributed by atoms with Crippen molar-refractivity contribution in [3.63, 3.8) is 0 Å². The molecule has 23 atom stereocenters. The van der Waals surface area contributed by atoms with Crippen LogP contribution in [0.15, 0.2) is 0 Å². The van der Waals surface area contributed by atoms with Gasteiger partial charge in [0.15, 0.2) is 43.7 Å². The molecule has 0 aliphatic carbocycles. The van der Waals surface area contributed by atoms with Gasteiger partial charge in [0.25, 0.3) is 0 Å². The van der Waals surface area contributed by atoms with Gasteiger partial charge in [-0.3, -0.25) is 22.8 Å². The van der Waals surface area contributed by atoms with E-state index in [2.05, 4.69) is 16.7 Å². The fourth-order valence-electron chi connectivity index (χ4n) is 9.18. The van der Waals surface area contributed by atoms with Gasteiger partial charge in [-0.15, -0.1) is 0 Å². The normalized spacial score (nSPS) is 41.4. The summed E-state index contributed by atoms with van der Waals surface area (Å²) in [5.74, 6) is -2.48. The van der Waals surface area contributed by atoms with Crippen LogP contribution in [0.3, 0.4) is 0 Å². The molecule has 7 N–H and O–H groups in total. The molecule has 448 valence electrons. The largest absolute Gasteiger partial charge is 0.397 e. The van der Waals surface area contributed by atoms with Gasteiger partial charge in [-0.05, 0) is 11.8 Å². The molecule has 5 saturated heterocycles. The molecule has 0 bridgehead atoms. The number of ether oxygens (including phenoxy) is 13. The number of hydrogen-bond donors (Lipinski definition) is 7. The van der Waals surface area contributed by atoms with E-state index in [0.29, 0.717) is 0 Å². The molecule has 0 unspecified atom stereocenters. The van der Waals surface area contributed by atoms with Crippen LogP contribution in [0, 0.1) is 23.7 Å². The lowest BCUT2D eigenvalue weighted by atomic mass is 9.83. The Morgan fingerprint density at radius 1 is 0.382 bits per heavy atom. The zero-order valence-corrected chi connectivity index (χ0v) is 45.5. The fraction of sp³-hybridized carbons (Fsp3) is 1.00. The lowest BCUT2D eigenvalue weighted by Gasteiger charge is -2.49. The Bertz CT molecular complexity index is 2430. The van der Waals surface area contributed by atoms with Crippen molar-refractivity contribution in [3.05, 3.63) is 0 Å². The van der Waals surface area contributed by atoms with Crippen molar-refractivity contribution in [1.29, 1.82) is 0 Å². The highest BCUT2D eigenvalue weighted by Gasteiger charge is 2.56. The molecule has 35 nitrogen and oxygen atoms in total. The van der Waals surface area contributed by atoms with Gasteiger partial charge in [0.1, 0.15) is 54.9 Å². The van der Waals surface area contributed by atoms with E-state index in [4.69, 9.17) is 65.8 Å². The summed E-state index contributed by atoms with van der Waals surface area (Å²) in [5, 5.41) is 23.2. The summed E-state index contributed by atoms with van der Waals surface area (Å²) in [6, 6.07) is 0. The van der Waals surface area contributed by atoms with Crippen molar-refractivity contribution in [2.45, 2.75) is 145 Å². The molecule has 0 amide bonds. The summed E-state index contributed by atoms with van der Waals surface area (Å²) >= 11 is 0. The van der Waals surface area contributed by atoms with E-state index in [9.17, 15) is 75.1 Å². The Kier molecular flexibility index (Phi) is 23.1. The molecule has 0 aromatic rings. The third-order valence-corrected chi connectivity index (χ3v) is 15.4. The van der Waals surface area contributed by atoms with Gasteiger partial charge in [0.2, 0.25) is 0 Å². The van der Waals surface area contributed by atoms with Gasteiger partial charge in [0, 0.05) is 40.3 Å². The second kappa shape index (κ2) is 26.8. The third kappa shape index (κ3) is 17.9. The van der Waals surface area contributed by atoms with E-state index in [1.54, 1.807) is 20.8 Å². The van der Waals surface area contributed by atoms with Crippen LogP contribution in [0.25, 0.3) is 0 Å². The molecule has 76 heavy (non-hydrogen) atoms. The Morgan fingerprint density at radius 2 is 0.711 bits per heavy atom. The van der Waals surface area contributed by atoms with Crippen LogP contribution in [0.2, 0.25) is 0 Å². The molecule has 5 rings (SSSR count). The molecule has 5 heterocycles. The molecule has 0 aromatic heterocycles. The Labute approximate surface area is 437 Å². The average molecular weight is 1220 g/mol. The molecule has 5 fully saturated rings. The fourth-order valence-corrected chi connectivity index (χ4v) is 11.1. The summed E-state index contributed by atoms with van der Waals surface area (Å²) < 4.78 is 263. The van der Waals surface area contributed by atoms with E-state index >= 15 is 0 Å². The molecule has 5 aliphatic heterocycles. The second-order valence-corrected chi connectivity index (χ2v) is 23.3. The lowest BCUT2D eigenvalue weighted by Crippen LogP contribution is -2.65. The number of hydrogen-bond acceptors (Lipinski definition) is 30. The Balaban J connectivity index is 1.36. The average Bonchev–Trinajstić information content (AvgIpc) is 3.29. The summed E-state index contributed by atoms with van der Waals surface area (Å²) in [4.78, 5) is 0. The van der Waals surface area contributed by atoms with Crippen molar-refractivity contribution in [1.82, 2.24) is 0 Å². The highest BCUT2D eigenvalue weighted by atomic mass is 32.3. The van der Waals surface area contributed by atoms with Gasteiger partial charge in [-0.25, -0.2) is 20.9 Å². The maximum atomic E-state index is 12.3. The molecule has 40 heteroatoms. The van der Waals surface area contributed by atoms with E-state index in [1.807, 2.05) is 0 Å². The predicted molar refractivity (Wildman–Crippen MR) is 238 cm³/mol. The second-order valence-electron chi connectivity index (χ2n) is 18.0. The van der Waals surface area contributed by atoms with Crippen LogP contribution in [0.5, 0.6) is 0 Å². The van der Waals surface area contributed by atoms with Crippen molar-refractivity contribution in [2.75, 3.05) is 61.5 Å². The first kappa shape index (κ1) is 65.6. The van der Waals surface area contributed by atoms with E-state index in [-0.39, 0.29) is 18.4 Å². The standard InChI is InChI=1S/C36H64O35S5/c1-14-15(2)25(54-5)35(65-20(14)11-60-72(39,40)41)63-18-9-58-34(26(55-6)16(18)3)69-29-22(13-62-74(45,46)47)67-36(31(24(29)38)71-76(51,52)53)64-19-10-59-33(27(56-7)17(19)4)68-28-21(12-61-73(42,43)44)66-32(57-8)30(23(28)37)70-75(48,49)50/h14-38H,9-13H2,1-8H3,(H,39,40,41)(H,42,43,44)(H,45,46,47)(H,48,49,50)(H,51,52,53)/t14-,15-,16-,17-,18+,19+,20+,21+,22+,23-,24-,25+,26+,27+,28+,29+,30+,31+,32-,33-,34-,35-,36-/m0/s1. The first-order valence-electron chi connectivity index (χ1n) is 22.5. The SMILES string of the molecule is CO[C@H]1O[C@H](COS(=O)(=O)O)[C@@H](O[C@@H]2OC[C@@H](O[C@H]3O[C@H](COS(=O)(=O)O)[C@@H](O[C@@H]4OC[C@@H](O[C@H]5O[C@H](COS(=O)(=O)O)[C@@H](C)[C@H](C)[C@H]5OC)[C@H](C)[C@H]4OC)[C@H](O)[C@H]3OS(=O)(=O)O)[C@H](C)[C@H]2OC)[C@H](O)[C@H]1OS(=O)(=O)O. The molecule has 0 radical (unpaired) electrons. The number of rotatable bonds is 25. The van der Waals surface area contributed by atoms with E-state index < -0.39 is 207 Å². The summed E-state index contributed by atoms with van der Waals surface area (Å²) in [6.45, 7) is 2.75. The highest BCUT2D eigenvalue weighted by Crippen LogP contribution is 2.39. The summed E-state index contributed by atoms with van der Waals surface area (Å²) in [6.07, 6.45) is -31.3. The van der Waals surface area contributed by atoms with Crippen molar-refractivity contribution in [2.24, 2.45) is 23.7 Å². The molecular weight excluding hydrogens is 1150 g/mol. The molecule has 0 spiro atoms. The third-order valence-electron chi connectivity index (χ3n) is 13.2. The van der Waals surface area contributed by atoms with Gasteiger partial charge in [0.05, 0.1) is 51.3 Å². The molecule has 0 saturated carbocycles. The van der Waals surface area contributed by atoms with Crippen molar-refractivity contribution < 1.29 is 158 Å². The minimum absolute atomic E-state index is 0.329. The number of aliphatic hydroxyl groups is 2. The van der Waals surface area contributed by atoms with Gasteiger partial charge < -0.3 is 71.8 Å². The maximum absolute atomic E-state index is 12.3. The Morgan fingerprint density at radius 3 is 1.07 bits per heavy atom. The predicted octanol–water partition coefficient (Wildman–Crippen LogP) is -3.79. The van der Waals surface area contributed by atoms with Crippen LogP contribution in [-0.4, -0.2) is 253 Å². The van der Waals surface area contributed by atoms with Gasteiger partial charge >= 0.3 is 52.0 Å². The monoisotopic (exact) mass is 1220 g/mol. The topological polar surface area (TPSA) is 478 Å². The zero-order valence-electron chi connectivity index (χ0n) is 41.4. The first-order chi connectivity index (χ1) is 35.1. The minimum Gasteiger partial charge on any atom is -0.387 e. The molecule has 5 aliphatic rings. The van der Waals surface area contributed by atoms with Crippen LogP contribution in [-0.2, 0) is 134 Å². The lowest BCUT2D eigenvalue weighted by molar-refractivity contribution is -0.371. The summed E-state index contributed by atoms with van der Waals surface area (Å²) in [7, 11) is -21.5. The zero-order chi connectivity index (χ0) is 57.0. The van der Waals surface area contributed by atoms with Gasteiger partial charge in [-0.2, -0.15) is 42.1 Å². The van der Waals surface area contributed by atoms with Crippen LogP contribution in [0.4, 0.5) is 0 Å². The van der Waals surface area contributed by atoms with Crippen molar-refractivity contribution in [3.8, 4) is 0 Å². The number of aliphatic hydroxyl groups excluding tert-OH is 2. The highest BCUT2D eigenvalue weighted by molar-refractivity contribution is 7.81. The van der Waals surface area contributed by atoms with Crippen LogP contribution >= 0.6 is 0 Å². The van der Waals surface area contributed by atoms with Gasteiger partial charge in [-0.1, -0.05) is 27.7 Å². The van der Waals surface area contributed by atoms with E-state index in [0.717, 1.165) is 14.2 Å². The van der Waals surface area contributed by atoms with Crippen molar-refractivity contribution >= 4 is 52.0 Å². The molecule has 0 aromatic carbocycles.